The molecule has 5 nitrogen and oxygen atoms in total. The van der Waals surface area contributed by atoms with Gasteiger partial charge in [0, 0.05) is 12.6 Å². The van der Waals surface area contributed by atoms with Gasteiger partial charge in [0.15, 0.2) is 16.4 Å². The Morgan fingerprint density at radius 3 is 2.48 bits per heavy atom. The van der Waals surface area contributed by atoms with E-state index in [0.717, 1.165) is 12.8 Å². The van der Waals surface area contributed by atoms with Crippen molar-refractivity contribution in [2.75, 3.05) is 24.7 Å². The van der Waals surface area contributed by atoms with Crippen LogP contribution in [-0.2, 0) is 21.1 Å². The summed E-state index contributed by atoms with van der Waals surface area (Å²) in [6, 6.07) is 7.46. The van der Waals surface area contributed by atoms with Gasteiger partial charge in [-0.1, -0.05) is 26.0 Å². The Hall–Kier alpha value is -1.56. The Morgan fingerprint density at radius 1 is 1.26 bits per heavy atom. The third kappa shape index (κ3) is 4.96. The van der Waals surface area contributed by atoms with Crippen molar-refractivity contribution >= 4 is 15.7 Å². The molecule has 1 unspecified atom stereocenters. The minimum atomic E-state index is -3.00. The van der Waals surface area contributed by atoms with Gasteiger partial charge in [0.1, 0.15) is 5.75 Å². The van der Waals surface area contributed by atoms with Crippen LogP contribution >= 0.6 is 0 Å². The highest BCUT2D eigenvalue weighted by molar-refractivity contribution is 7.91. The van der Waals surface area contributed by atoms with Gasteiger partial charge in [-0.2, -0.15) is 0 Å². The van der Waals surface area contributed by atoms with E-state index in [1.165, 1.54) is 5.56 Å². The predicted octanol–water partition coefficient (Wildman–Crippen LogP) is 2.05. The Bertz CT molecular complexity index is 624. The average molecular weight is 339 g/mol. The van der Waals surface area contributed by atoms with Gasteiger partial charge in [0.25, 0.3) is 5.91 Å². The molecular formula is C17H25NO4S. The van der Waals surface area contributed by atoms with E-state index in [4.69, 9.17) is 4.74 Å². The number of rotatable bonds is 7. The van der Waals surface area contributed by atoms with Crippen LogP contribution < -0.4 is 4.74 Å². The zero-order valence-corrected chi connectivity index (χ0v) is 14.6. The molecule has 2 rings (SSSR count). The summed E-state index contributed by atoms with van der Waals surface area (Å²) in [5.74, 6) is 0.758. The lowest BCUT2D eigenvalue weighted by molar-refractivity contribution is -0.135. The largest absolute Gasteiger partial charge is 0.484 e. The molecule has 1 aliphatic rings. The SMILES string of the molecule is CCCN(C(=O)COc1ccc(CC)cc1)C1CCS(=O)(=O)C1. The predicted molar refractivity (Wildman–Crippen MR) is 90.4 cm³/mol. The van der Waals surface area contributed by atoms with Crippen LogP contribution in [0.4, 0.5) is 0 Å². The molecule has 1 heterocycles. The molecule has 23 heavy (non-hydrogen) atoms. The molecule has 0 bridgehead atoms. The Labute approximate surface area is 138 Å². The molecule has 1 saturated heterocycles. The number of hydrogen-bond donors (Lipinski definition) is 0. The first-order valence-corrected chi connectivity index (χ1v) is 9.99. The summed E-state index contributed by atoms with van der Waals surface area (Å²) in [7, 11) is -3.00. The van der Waals surface area contributed by atoms with Crippen molar-refractivity contribution in [1.82, 2.24) is 4.90 Å². The summed E-state index contributed by atoms with van der Waals surface area (Å²) >= 11 is 0. The lowest BCUT2D eigenvalue weighted by atomic mass is 10.2. The number of nitrogens with zero attached hydrogens (tertiary/aromatic N) is 1. The standard InChI is InChI=1S/C17H25NO4S/c1-3-10-18(15-9-11-23(20,21)13-15)17(19)12-22-16-7-5-14(4-2)6-8-16/h5-8,15H,3-4,9-13H2,1-2H3. The maximum absolute atomic E-state index is 12.4. The number of benzene rings is 1. The van der Waals surface area contributed by atoms with Crippen molar-refractivity contribution in [2.24, 2.45) is 0 Å². The molecule has 1 amide bonds. The summed E-state index contributed by atoms with van der Waals surface area (Å²) in [6.07, 6.45) is 2.28. The van der Waals surface area contributed by atoms with E-state index in [2.05, 4.69) is 6.92 Å². The number of sulfone groups is 1. The second kappa shape index (κ2) is 7.81. The van der Waals surface area contributed by atoms with Crippen molar-refractivity contribution in [2.45, 2.75) is 39.2 Å². The Balaban J connectivity index is 1.95. The van der Waals surface area contributed by atoms with Gasteiger partial charge in [0.2, 0.25) is 0 Å². The van der Waals surface area contributed by atoms with Crippen molar-refractivity contribution < 1.29 is 17.9 Å². The van der Waals surface area contributed by atoms with E-state index in [1.807, 2.05) is 31.2 Å². The molecule has 0 saturated carbocycles. The van der Waals surface area contributed by atoms with Gasteiger partial charge in [0.05, 0.1) is 11.5 Å². The number of carbonyl (C=O) groups excluding carboxylic acids is 1. The summed E-state index contributed by atoms with van der Waals surface area (Å²) in [5.41, 5.74) is 1.22. The fourth-order valence-corrected chi connectivity index (χ4v) is 4.55. The van der Waals surface area contributed by atoms with Gasteiger partial charge >= 0.3 is 0 Å². The highest BCUT2D eigenvalue weighted by Crippen LogP contribution is 2.19. The smallest absolute Gasteiger partial charge is 0.260 e. The lowest BCUT2D eigenvalue weighted by Gasteiger charge is -2.27. The zero-order valence-electron chi connectivity index (χ0n) is 13.8. The monoisotopic (exact) mass is 339 g/mol. The number of amides is 1. The van der Waals surface area contributed by atoms with E-state index in [-0.39, 0.29) is 30.1 Å². The molecule has 128 valence electrons. The van der Waals surface area contributed by atoms with Crippen LogP contribution in [0.25, 0.3) is 0 Å². The molecule has 0 N–H and O–H groups in total. The average Bonchev–Trinajstić information content (AvgIpc) is 2.90. The molecule has 1 aromatic carbocycles. The van der Waals surface area contributed by atoms with Crippen molar-refractivity contribution in [3.05, 3.63) is 29.8 Å². The molecule has 0 aromatic heterocycles. The second-order valence-corrected chi connectivity index (χ2v) is 8.16. The van der Waals surface area contributed by atoms with Crippen LogP contribution in [0.15, 0.2) is 24.3 Å². The summed E-state index contributed by atoms with van der Waals surface area (Å²) in [6.45, 7) is 4.57. The first-order valence-electron chi connectivity index (χ1n) is 8.16. The lowest BCUT2D eigenvalue weighted by Crippen LogP contribution is -2.44. The second-order valence-electron chi connectivity index (χ2n) is 5.93. The van der Waals surface area contributed by atoms with Gasteiger partial charge in [-0.3, -0.25) is 4.79 Å². The zero-order chi connectivity index (χ0) is 16.9. The molecule has 1 aromatic rings. The highest BCUT2D eigenvalue weighted by atomic mass is 32.2. The fraction of sp³-hybridized carbons (Fsp3) is 0.588. The molecule has 0 radical (unpaired) electrons. The number of hydrogen-bond acceptors (Lipinski definition) is 4. The molecule has 0 spiro atoms. The number of aryl methyl sites for hydroxylation is 1. The van der Waals surface area contributed by atoms with Crippen LogP contribution in [-0.4, -0.2) is 49.9 Å². The minimum Gasteiger partial charge on any atom is -0.484 e. The number of ether oxygens (including phenoxy) is 1. The van der Waals surface area contributed by atoms with Gasteiger partial charge in [-0.05, 0) is 37.0 Å². The van der Waals surface area contributed by atoms with Crippen LogP contribution in [0.2, 0.25) is 0 Å². The topological polar surface area (TPSA) is 63.7 Å². The molecular weight excluding hydrogens is 314 g/mol. The van der Waals surface area contributed by atoms with E-state index >= 15 is 0 Å². The Morgan fingerprint density at radius 2 is 1.96 bits per heavy atom. The molecule has 6 heteroatoms. The molecule has 1 fully saturated rings. The van der Waals surface area contributed by atoms with Crippen LogP contribution in [0, 0.1) is 0 Å². The van der Waals surface area contributed by atoms with E-state index in [0.29, 0.717) is 18.7 Å². The third-order valence-corrected chi connectivity index (χ3v) is 5.88. The highest BCUT2D eigenvalue weighted by Gasteiger charge is 2.34. The van der Waals surface area contributed by atoms with Crippen molar-refractivity contribution in [3.63, 3.8) is 0 Å². The quantitative estimate of drug-likeness (QED) is 0.763. The van der Waals surface area contributed by atoms with E-state index < -0.39 is 9.84 Å². The van der Waals surface area contributed by atoms with Crippen molar-refractivity contribution in [3.8, 4) is 5.75 Å². The van der Waals surface area contributed by atoms with Crippen LogP contribution in [0.1, 0.15) is 32.3 Å². The van der Waals surface area contributed by atoms with Gasteiger partial charge in [-0.25, -0.2) is 8.42 Å². The fourth-order valence-electron chi connectivity index (χ4n) is 2.82. The van der Waals surface area contributed by atoms with Gasteiger partial charge in [-0.15, -0.1) is 0 Å². The third-order valence-electron chi connectivity index (χ3n) is 4.13. The first-order chi connectivity index (χ1) is 10.9. The van der Waals surface area contributed by atoms with Crippen molar-refractivity contribution in [1.29, 1.82) is 0 Å². The van der Waals surface area contributed by atoms with Crippen LogP contribution in [0.5, 0.6) is 5.75 Å². The summed E-state index contributed by atoms with van der Waals surface area (Å²) in [4.78, 5) is 14.1. The van der Waals surface area contributed by atoms with Crippen LogP contribution in [0.3, 0.4) is 0 Å². The van der Waals surface area contributed by atoms with E-state index in [1.54, 1.807) is 4.90 Å². The molecule has 1 atom stereocenters. The maximum Gasteiger partial charge on any atom is 0.260 e. The minimum absolute atomic E-state index is 0.0536. The summed E-state index contributed by atoms with van der Waals surface area (Å²) in [5, 5.41) is 0. The molecule has 0 aliphatic carbocycles. The normalized spacial score (nSPS) is 19.5. The van der Waals surface area contributed by atoms with E-state index in [9.17, 15) is 13.2 Å². The first kappa shape index (κ1) is 17.8. The Kier molecular flexibility index (Phi) is 6.04. The maximum atomic E-state index is 12.4. The number of carbonyl (C=O) groups is 1. The summed E-state index contributed by atoms with van der Waals surface area (Å²) < 4.78 is 28.9. The molecule has 1 aliphatic heterocycles. The van der Waals surface area contributed by atoms with Gasteiger partial charge < -0.3 is 9.64 Å².